The molecule has 0 spiro atoms. The van der Waals surface area contributed by atoms with E-state index in [-0.39, 0.29) is 0 Å². The normalized spacial score (nSPS) is 14.3. The molecule has 3 rings (SSSR count). The van der Waals surface area contributed by atoms with E-state index in [0.717, 1.165) is 37.6 Å². The van der Waals surface area contributed by atoms with E-state index in [0.29, 0.717) is 5.15 Å². The van der Waals surface area contributed by atoms with E-state index in [4.69, 9.17) is 11.6 Å². The quantitative estimate of drug-likeness (QED) is 0.787. The highest BCUT2D eigenvalue weighted by Gasteiger charge is 2.17. The molecule has 1 aliphatic heterocycles. The van der Waals surface area contributed by atoms with Crippen molar-refractivity contribution in [3.05, 3.63) is 52.4 Å². The van der Waals surface area contributed by atoms with Crippen LogP contribution in [0.1, 0.15) is 23.9 Å². The zero-order valence-electron chi connectivity index (χ0n) is 10.9. The SMILES string of the molecule is CCc1nc(Cl)cc(N2CCc3ccccc3C2)n1. The Labute approximate surface area is 118 Å². The lowest BCUT2D eigenvalue weighted by molar-refractivity contribution is 0.714. The van der Waals surface area contributed by atoms with E-state index in [1.165, 1.54) is 11.1 Å². The lowest BCUT2D eigenvalue weighted by Gasteiger charge is -2.30. The van der Waals surface area contributed by atoms with E-state index < -0.39 is 0 Å². The number of anilines is 1. The van der Waals surface area contributed by atoms with Crippen molar-refractivity contribution in [3.8, 4) is 0 Å². The first kappa shape index (κ1) is 12.4. The van der Waals surface area contributed by atoms with Crippen LogP contribution < -0.4 is 4.90 Å². The maximum absolute atomic E-state index is 6.07. The Morgan fingerprint density at radius 1 is 1.21 bits per heavy atom. The Bertz CT molecular complexity index is 598. The van der Waals surface area contributed by atoms with Crippen molar-refractivity contribution >= 4 is 17.4 Å². The van der Waals surface area contributed by atoms with Gasteiger partial charge in [0.2, 0.25) is 0 Å². The summed E-state index contributed by atoms with van der Waals surface area (Å²) in [5.41, 5.74) is 2.82. The smallest absolute Gasteiger partial charge is 0.134 e. The molecule has 2 heterocycles. The van der Waals surface area contributed by atoms with Gasteiger partial charge in [-0.25, -0.2) is 9.97 Å². The van der Waals surface area contributed by atoms with Crippen LogP contribution in [0.15, 0.2) is 30.3 Å². The minimum absolute atomic E-state index is 0.528. The summed E-state index contributed by atoms with van der Waals surface area (Å²) in [5.74, 6) is 1.74. The largest absolute Gasteiger partial charge is 0.352 e. The second kappa shape index (κ2) is 5.17. The molecule has 0 amide bonds. The van der Waals surface area contributed by atoms with Crippen LogP contribution >= 0.6 is 11.6 Å². The number of hydrogen-bond acceptors (Lipinski definition) is 3. The fourth-order valence-corrected chi connectivity index (χ4v) is 2.66. The molecule has 4 heteroatoms. The summed E-state index contributed by atoms with van der Waals surface area (Å²) in [6, 6.07) is 10.4. The van der Waals surface area contributed by atoms with E-state index in [2.05, 4.69) is 39.1 Å². The van der Waals surface area contributed by atoms with Gasteiger partial charge in [-0.3, -0.25) is 0 Å². The fraction of sp³-hybridized carbons (Fsp3) is 0.333. The highest BCUT2D eigenvalue weighted by Crippen LogP contribution is 2.24. The molecule has 98 valence electrons. The molecular formula is C15H16ClN3. The number of hydrogen-bond donors (Lipinski definition) is 0. The summed E-state index contributed by atoms with van der Waals surface area (Å²) in [4.78, 5) is 11.1. The molecule has 0 bridgehead atoms. The molecule has 0 N–H and O–H groups in total. The molecule has 0 unspecified atom stereocenters. The molecule has 1 aromatic heterocycles. The van der Waals surface area contributed by atoms with Crippen molar-refractivity contribution in [2.75, 3.05) is 11.4 Å². The average molecular weight is 274 g/mol. The maximum Gasteiger partial charge on any atom is 0.134 e. The van der Waals surface area contributed by atoms with Gasteiger partial charge in [-0.15, -0.1) is 0 Å². The van der Waals surface area contributed by atoms with Crippen LogP contribution in [0.5, 0.6) is 0 Å². The zero-order valence-corrected chi connectivity index (χ0v) is 11.7. The standard InChI is InChI=1S/C15H16ClN3/c1-2-14-17-13(16)9-15(18-14)19-8-7-11-5-3-4-6-12(11)10-19/h3-6,9H,2,7-8,10H2,1H3. The Hall–Kier alpha value is -1.61. The number of rotatable bonds is 2. The highest BCUT2D eigenvalue weighted by atomic mass is 35.5. The minimum atomic E-state index is 0.528. The van der Waals surface area contributed by atoms with E-state index in [1.807, 2.05) is 13.0 Å². The Morgan fingerprint density at radius 2 is 2.00 bits per heavy atom. The molecule has 1 aliphatic rings. The number of benzene rings is 1. The third-order valence-electron chi connectivity index (χ3n) is 3.50. The van der Waals surface area contributed by atoms with Gasteiger partial charge in [0.15, 0.2) is 0 Å². The number of aromatic nitrogens is 2. The topological polar surface area (TPSA) is 29.0 Å². The Kier molecular flexibility index (Phi) is 3.38. The molecule has 3 nitrogen and oxygen atoms in total. The second-order valence-corrected chi connectivity index (χ2v) is 5.15. The van der Waals surface area contributed by atoms with Crippen LogP contribution in [0.3, 0.4) is 0 Å². The van der Waals surface area contributed by atoms with Crippen molar-refractivity contribution in [2.45, 2.75) is 26.3 Å². The summed E-state index contributed by atoms with van der Waals surface area (Å²) in [6.07, 6.45) is 1.86. The maximum atomic E-state index is 6.07. The van der Waals surface area contributed by atoms with Crippen molar-refractivity contribution in [2.24, 2.45) is 0 Å². The predicted octanol–water partition coefficient (Wildman–Crippen LogP) is 3.26. The van der Waals surface area contributed by atoms with Crippen LogP contribution in [-0.2, 0) is 19.4 Å². The molecule has 2 aromatic rings. The lowest BCUT2D eigenvalue weighted by Crippen LogP contribution is -2.31. The summed E-state index contributed by atoms with van der Waals surface area (Å²) in [5, 5.41) is 0.528. The summed E-state index contributed by atoms with van der Waals surface area (Å²) in [7, 11) is 0. The van der Waals surface area contributed by atoms with Gasteiger partial charge >= 0.3 is 0 Å². The van der Waals surface area contributed by atoms with Crippen molar-refractivity contribution in [3.63, 3.8) is 0 Å². The predicted molar refractivity (Wildman–Crippen MR) is 77.6 cm³/mol. The van der Waals surface area contributed by atoms with Crippen LogP contribution in [0, 0.1) is 0 Å². The average Bonchev–Trinajstić information content (AvgIpc) is 2.46. The van der Waals surface area contributed by atoms with E-state index in [1.54, 1.807) is 0 Å². The number of halogens is 1. The fourth-order valence-electron chi connectivity index (χ4n) is 2.46. The van der Waals surface area contributed by atoms with Crippen molar-refractivity contribution < 1.29 is 0 Å². The highest BCUT2D eigenvalue weighted by molar-refractivity contribution is 6.29. The zero-order chi connectivity index (χ0) is 13.2. The third-order valence-corrected chi connectivity index (χ3v) is 3.69. The molecule has 0 radical (unpaired) electrons. The van der Waals surface area contributed by atoms with Crippen molar-refractivity contribution in [1.82, 2.24) is 9.97 Å². The van der Waals surface area contributed by atoms with E-state index in [9.17, 15) is 0 Å². The Morgan fingerprint density at radius 3 is 2.79 bits per heavy atom. The lowest BCUT2D eigenvalue weighted by atomic mass is 10.00. The van der Waals surface area contributed by atoms with Crippen LogP contribution in [0.4, 0.5) is 5.82 Å². The molecule has 0 atom stereocenters. The monoisotopic (exact) mass is 273 g/mol. The van der Waals surface area contributed by atoms with Gasteiger partial charge in [-0.1, -0.05) is 42.8 Å². The van der Waals surface area contributed by atoms with Gasteiger partial charge in [0.1, 0.15) is 16.8 Å². The Balaban J connectivity index is 1.90. The summed E-state index contributed by atoms with van der Waals surface area (Å²) >= 11 is 6.07. The molecule has 19 heavy (non-hydrogen) atoms. The summed E-state index contributed by atoms with van der Waals surface area (Å²) in [6.45, 7) is 3.92. The molecule has 0 fully saturated rings. The molecule has 1 aromatic carbocycles. The van der Waals surface area contributed by atoms with E-state index >= 15 is 0 Å². The van der Waals surface area contributed by atoms with Gasteiger partial charge in [-0.2, -0.15) is 0 Å². The number of fused-ring (bicyclic) bond motifs is 1. The first-order valence-electron chi connectivity index (χ1n) is 6.61. The van der Waals surface area contributed by atoms with Gasteiger partial charge in [0.25, 0.3) is 0 Å². The van der Waals surface area contributed by atoms with Crippen LogP contribution in [-0.4, -0.2) is 16.5 Å². The summed E-state index contributed by atoms with van der Waals surface area (Å²) < 4.78 is 0. The first-order valence-corrected chi connectivity index (χ1v) is 6.99. The van der Waals surface area contributed by atoms with Gasteiger partial charge in [0.05, 0.1) is 0 Å². The third kappa shape index (κ3) is 2.56. The van der Waals surface area contributed by atoms with Crippen LogP contribution in [0.25, 0.3) is 0 Å². The number of nitrogens with zero attached hydrogens (tertiary/aromatic N) is 3. The molecule has 0 aliphatic carbocycles. The minimum Gasteiger partial charge on any atom is -0.352 e. The van der Waals surface area contributed by atoms with Gasteiger partial charge in [-0.05, 0) is 17.5 Å². The van der Waals surface area contributed by atoms with Crippen molar-refractivity contribution in [1.29, 1.82) is 0 Å². The number of aryl methyl sites for hydroxylation is 1. The van der Waals surface area contributed by atoms with Gasteiger partial charge < -0.3 is 4.90 Å². The first-order chi connectivity index (χ1) is 9.26. The second-order valence-electron chi connectivity index (χ2n) is 4.76. The molecular weight excluding hydrogens is 258 g/mol. The molecule has 0 saturated heterocycles. The van der Waals surface area contributed by atoms with Crippen LogP contribution in [0.2, 0.25) is 5.15 Å². The van der Waals surface area contributed by atoms with Gasteiger partial charge in [0, 0.05) is 25.6 Å². The molecule has 0 saturated carbocycles.